The van der Waals surface area contributed by atoms with Crippen LogP contribution in [0, 0.1) is 0 Å². The third-order valence-corrected chi connectivity index (χ3v) is 2.52. The van der Waals surface area contributed by atoms with Gasteiger partial charge in [-0.1, -0.05) is 20.3 Å². The Morgan fingerprint density at radius 3 is 2.80 bits per heavy atom. The molecule has 0 aliphatic heterocycles. The van der Waals surface area contributed by atoms with Gasteiger partial charge in [0.15, 0.2) is 0 Å². The number of aliphatic hydroxyl groups excluding tert-OH is 1. The number of rotatable bonds is 7. The van der Waals surface area contributed by atoms with Crippen LogP contribution in [-0.2, 0) is 0 Å². The van der Waals surface area contributed by atoms with Crippen molar-refractivity contribution in [3.05, 3.63) is 24.2 Å². The van der Waals surface area contributed by atoms with Gasteiger partial charge in [-0.05, 0) is 25.0 Å². The second-order valence-corrected chi connectivity index (χ2v) is 3.83. The second-order valence-electron chi connectivity index (χ2n) is 3.83. The highest BCUT2D eigenvalue weighted by Crippen LogP contribution is 2.16. The van der Waals surface area contributed by atoms with Crippen molar-refractivity contribution < 1.29 is 9.52 Å². The van der Waals surface area contributed by atoms with Gasteiger partial charge in [-0.2, -0.15) is 0 Å². The number of hydrogen-bond donors (Lipinski definition) is 2. The van der Waals surface area contributed by atoms with Crippen LogP contribution in [0.3, 0.4) is 0 Å². The van der Waals surface area contributed by atoms with E-state index in [1.54, 1.807) is 6.26 Å². The molecule has 1 rings (SSSR count). The molecule has 0 aromatic carbocycles. The van der Waals surface area contributed by atoms with E-state index in [1.807, 2.05) is 12.1 Å². The largest absolute Gasteiger partial charge is 0.468 e. The molecule has 3 nitrogen and oxygen atoms in total. The molecule has 3 heteroatoms. The number of nitrogens with one attached hydrogen (secondary N) is 1. The van der Waals surface area contributed by atoms with Crippen LogP contribution in [-0.4, -0.2) is 17.8 Å². The molecule has 15 heavy (non-hydrogen) atoms. The van der Waals surface area contributed by atoms with Crippen molar-refractivity contribution in [2.45, 2.75) is 45.3 Å². The van der Waals surface area contributed by atoms with Crippen LogP contribution in [0.5, 0.6) is 0 Å². The monoisotopic (exact) mass is 211 g/mol. The second kappa shape index (κ2) is 6.64. The normalized spacial score (nSPS) is 15.1. The summed E-state index contributed by atoms with van der Waals surface area (Å²) in [5, 5.41) is 12.9. The summed E-state index contributed by atoms with van der Waals surface area (Å²) in [5.41, 5.74) is 0. The Balaban J connectivity index is 2.35. The summed E-state index contributed by atoms with van der Waals surface area (Å²) >= 11 is 0. The fourth-order valence-corrected chi connectivity index (χ4v) is 1.65. The van der Waals surface area contributed by atoms with Gasteiger partial charge < -0.3 is 14.8 Å². The first-order chi connectivity index (χ1) is 7.27. The molecular formula is C12H21NO2. The van der Waals surface area contributed by atoms with Gasteiger partial charge in [0.2, 0.25) is 0 Å². The highest BCUT2D eigenvalue weighted by Gasteiger charge is 2.12. The Labute approximate surface area is 91.5 Å². The molecule has 0 radical (unpaired) electrons. The Kier molecular flexibility index (Phi) is 5.43. The van der Waals surface area contributed by atoms with Gasteiger partial charge in [0.05, 0.1) is 18.4 Å². The molecule has 1 aromatic heterocycles. The number of hydrogen-bond acceptors (Lipinski definition) is 3. The van der Waals surface area contributed by atoms with Crippen molar-refractivity contribution in [1.29, 1.82) is 0 Å². The average molecular weight is 211 g/mol. The topological polar surface area (TPSA) is 45.4 Å². The lowest BCUT2D eigenvalue weighted by atomic mass is 10.1. The predicted molar refractivity (Wildman–Crippen MR) is 60.7 cm³/mol. The highest BCUT2D eigenvalue weighted by atomic mass is 16.3. The molecular weight excluding hydrogens is 190 g/mol. The lowest BCUT2D eigenvalue weighted by molar-refractivity contribution is 0.154. The van der Waals surface area contributed by atoms with E-state index in [0.29, 0.717) is 6.54 Å². The molecule has 0 saturated carbocycles. The summed E-state index contributed by atoms with van der Waals surface area (Å²) < 4.78 is 5.33. The molecule has 0 spiro atoms. The minimum absolute atomic E-state index is 0.214. The first-order valence-electron chi connectivity index (χ1n) is 5.72. The van der Waals surface area contributed by atoms with Gasteiger partial charge in [0.25, 0.3) is 0 Å². The van der Waals surface area contributed by atoms with E-state index in [9.17, 15) is 5.11 Å². The molecule has 0 saturated heterocycles. The molecule has 0 bridgehead atoms. The van der Waals surface area contributed by atoms with Gasteiger partial charge in [-0.25, -0.2) is 0 Å². The Hall–Kier alpha value is -0.800. The van der Waals surface area contributed by atoms with Crippen molar-refractivity contribution in [3.8, 4) is 0 Å². The molecule has 0 fully saturated rings. The van der Waals surface area contributed by atoms with Crippen molar-refractivity contribution in [3.63, 3.8) is 0 Å². The van der Waals surface area contributed by atoms with Crippen LogP contribution in [0.2, 0.25) is 0 Å². The predicted octanol–water partition coefficient (Wildman–Crippen LogP) is 2.48. The van der Waals surface area contributed by atoms with Crippen LogP contribution in [0.25, 0.3) is 0 Å². The molecule has 1 aromatic rings. The molecule has 2 atom stereocenters. The van der Waals surface area contributed by atoms with Crippen molar-refractivity contribution in [2.24, 2.45) is 0 Å². The lowest BCUT2D eigenvalue weighted by Gasteiger charge is -2.17. The third-order valence-electron chi connectivity index (χ3n) is 2.52. The molecule has 2 N–H and O–H groups in total. The third kappa shape index (κ3) is 4.06. The summed E-state index contributed by atoms with van der Waals surface area (Å²) in [6.07, 6.45) is 4.26. The fourth-order valence-electron chi connectivity index (χ4n) is 1.65. The van der Waals surface area contributed by atoms with E-state index >= 15 is 0 Å². The van der Waals surface area contributed by atoms with Crippen molar-refractivity contribution >= 4 is 0 Å². The molecule has 86 valence electrons. The number of furan rings is 1. The lowest BCUT2D eigenvalue weighted by Crippen LogP contribution is -2.29. The van der Waals surface area contributed by atoms with Gasteiger partial charge in [0, 0.05) is 6.54 Å². The summed E-state index contributed by atoms with van der Waals surface area (Å²) in [5.74, 6) is 0.946. The highest BCUT2D eigenvalue weighted by molar-refractivity contribution is 5.03. The van der Waals surface area contributed by atoms with E-state index in [4.69, 9.17) is 4.42 Å². The zero-order valence-electron chi connectivity index (χ0n) is 9.57. The van der Waals surface area contributed by atoms with Crippen LogP contribution in [0.1, 0.15) is 44.9 Å². The van der Waals surface area contributed by atoms with E-state index in [-0.39, 0.29) is 12.1 Å². The maximum Gasteiger partial charge on any atom is 0.120 e. The van der Waals surface area contributed by atoms with Crippen LogP contribution in [0.15, 0.2) is 22.8 Å². The fraction of sp³-hybridized carbons (Fsp3) is 0.667. The molecule has 0 aliphatic rings. The van der Waals surface area contributed by atoms with E-state index in [2.05, 4.69) is 19.2 Å². The number of aliphatic hydroxyl groups is 1. The van der Waals surface area contributed by atoms with E-state index < -0.39 is 0 Å². The van der Waals surface area contributed by atoms with Crippen LogP contribution in [0.4, 0.5) is 0 Å². The molecule has 0 aliphatic carbocycles. The maximum absolute atomic E-state index is 9.60. The van der Waals surface area contributed by atoms with Gasteiger partial charge in [0.1, 0.15) is 5.76 Å². The minimum Gasteiger partial charge on any atom is -0.468 e. The summed E-state index contributed by atoms with van der Waals surface area (Å²) in [7, 11) is 0. The van der Waals surface area contributed by atoms with E-state index in [1.165, 1.54) is 0 Å². The Bertz CT molecular complexity index is 246. The van der Waals surface area contributed by atoms with Crippen molar-refractivity contribution in [1.82, 2.24) is 5.32 Å². The zero-order chi connectivity index (χ0) is 11.1. The summed E-state index contributed by atoms with van der Waals surface area (Å²) in [6, 6.07) is 4.07. The SMILES string of the molecule is CCCC(O)CNC(CC)c1ccco1. The quantitative estimate of drug-likeness (QED) is 0.728. The van der Waals surface area contributed by atoms with Gasteiger partial charge >= 0.3 is 0 Å². The minimum atomic E-state index is -0.251. The molecule has 0 amide bonds. The summed E-state index contributed by atoms with van der Waals surface area (Å²) in [4.78, 5) is 0. The zero-order valence-corrected chi connectivity index (χ0v) is 9.57. The standard InChI is InChI=1S/C12H21NO2/c1-3-6-10(14)9-13-11(4-2)12-7-5-8-15-12/h5,7-8,10-11,13-14H,3-4,6,9H2,1-2H3. The first-order valence-corrected chi connectivity index (χ1v) is 5.72. The molecule has 1 heterocycles. The van der Waals surface area contributed by atoms with Crippen LogP contribution >= 0.6 is 0 Å². The van der Waals surface area contributed by atoms with E-state index in [0.717, 1.165) is 25.0 Å². The van der Waals surface area contributed by atoms with Crippen molar-refractivity contribution in [2.75, 3.05) is 6.54 Å². The summed E-state index contributed by atoms with van der Waals surface area (Å²) in [6.45, 7) is 4.81. The Morgan fingerprint density at radius 1 is 1.47 bits per heavy atom. The smallest absolute Gasteiger partial charge is 0.120 e. The average Bonchev–Trinajstić information content (AvgIpc) is 2.72. The first kappa shape index (κ1) is 12.3. The Morgan fingerprint density at radius 2 is 2.27 bits per heavy atom. The van der Waals surface area contributed by atoms with Gasteiger partial charge in [-0.15, -0.1) is 0 Å². The van der Waals surface area contributed by atoms with Gasteiger partial charge in [-0.3, -0.25) is 0 Å². The van der Waals surface area contributed by atoms with Crippen LogP contribution < -0.4 is 5.32 Å². The maximum atomic E-state index is 9.60. The molecule has 2 unspecified atom stereocenters.